The summed E-state index contributed by atoms with van der Waals surface area (Å²) in [7, 11) is 0. The number of benzene rings is 1. The van der Waals surface area contributed by atoms with Crippen molar-refractivity contribution in [3.05, 3.63) is 47.5 Å². The fourth-order valence-corrected chi connectivity index (χ4v) is 1.83. The van der Waals surface area contributed by atoms with Crippen molar-refractivity contribution in [1.29, 1.82) is 0 Å². The van der Waals surface area contributed by atoms with Crippen molar-refractivity contribution in [3.63, 3.8) is 0 Å². The molecule has 3 N–H and O–H groups in total. The summed E-state index contributed by atoms with van der Waals surface area (Å²) in [5.74, 6) is -0.727. The minimum atomic E-state index is -0.647. The molecule has 0 aliphatic rings. The first-order valence-electron chi connectivity index (χ1n) is 5.80. The van der Waals surface area contributed by atoms with E-state index in [1.165, 1.54) is 12.1 Å². The molecule has 2 aromatic heterocycles. The Balaban J connectivity index is 1.80. The number of H-pyrrole nitrogens is 1. The number of aromatic amines is 1. The molecule has 0 unspecified atom stereocenters. The van der Waals surface area contributed by atoms with E-state index in [2.05, 4.69) is 15.2 Å². The number of nitrogens with one attached hydrogen (secondary N) is 1. The van der Waals surface area contributed by atoms with Crippen LogP contribution in [0.15, 0.2) is 30.3 Å². The minimum absolute atomic E-state index is 0.00490. The Morgan fingerprint density at radius 3 is 2.65 bits per heavy atom. The first-order valence-corrected chi connectivity index (χ1v) is 5.80. The molecule has 7 heteroatoms. The number of aromatic nitrogens is 3. The smallest absolute Gasteiger partial charge is 0.214 e. The van der Waals surface area contributed by atoms with Crippen LogP contribution in [-0.2, 0) is 6.61 Å². The Morgan fingerprint density at radius 2 is 1.90 bits per heavy atom. The number of nitrogens with two attached hydrogens (primary N) is 1. The van der Waals surface area contributed by atoms with Crippen LogP contribution in [-0.4, -0.2) is 15.2 Å². The molecule has 102 valence electrons. The van der Waals surface area contributed by atoms with Crippen molar-refractivity contribution in [2.24, 2.45) is 0 Å². The van der Waals surface area contributed by atoms with E-state index >= 15 is 0 Å². The monoisotopic (exact) mass is 276 g/mol. The molecule has 3 rings (SSSR count). The Morgan fingerprint density at radius 1 is 1.15 bits per heavy atom. The summed E-state index contributed by atoms with van der Waals surface area (Å²) in [6.07, 6.45) is 0. The molecule has 0 aliphatic carbocycles. The van der Waals surface area contributed by atoms with Gasteiger partial charge in [-0.2, -0.15) is 5.10 Å². The summed E-state index contributed by atoms with van der Waals surface area (Å²) in [6.45, 7) is 0.00490. The summed E-state index contributed by atoms with van der Waals surface area (Å²) in [6, 6.07) is 6.55. The van der Waals surface area contributed by atoms with Crippen LogP contribution in [0.1, 0.15) is 5.56 Å². The lowest BCUT2D eigenvalue weighted by molar-refractivity contribution is 0.294. The van der Waals surface area contributed by atoms with Gasteiger partial charge in [0.05, 0.1) is 5.52 Å². The molecule has 3 aromatic rings. The molecule has 5 nitrogen and oxygen atoms in total. The lowest BCUT2D eigenvalue weighted by atomic mass is 10.2. The van der Waals surface area contributed by atoms with Crippen LogP contribution in [0.25, 0.3) is 11.0 Å². The topological polar surface area (TPSA) is 76.8 Å². The van der Waals surface area contributed by atoms with Crippen LogP contribution in [0.4, 0.5) is 14.6 Å². The standard InChI is InChI=1S/C13H10F2N4O/c14-8-3-7(4-9(15)5-8)6-20-11-2-1-10-12(17-11)13(16)19-18-10/h1-5H,6H2,(H3,16,18,19). The van der Waals surface area contributed by atoms with Crippen molar-refractivity contribution in [3.8, 4) is 5.88 Å². The fraction of sp³-hybridized carbons (Fsp3) is 0.0769. The van der Waals surface area contributed by atoms with E-state index < -0.39 is 11.6 Å². The number of fused-ring (bicyclic) bond motifs is 1. The molecule has 0 radical (unpaired) electrons. The molecule has 0 saturated carbocycles. The molecule has 0 bridgehead atoms. The van der Waals surface area contributed by atoms with Gasteiger partial charge in [-0.3, -0.25) is 5.10 Å². The summed E-state index contributed by atoms with van der Waals surface area (Å²) in [4.78, 5) is 4.17. The van der Waals surface area contributed by atoms with Crippen LogP contribution < -0.4 is 10.5 Å². The Labute approximate surface area is 112 Å². The first-order chi connectivity index (χ1) is 9.61. The molecule has 0 amide bonds. The van der Waals surface area contributed by atoms with Gasteiger partial charge in [0, 0.05) is 12.1 Å². The number of nitrogen functional groups attached to an aromatic ring is 1. The zero-order chi connectivity index (χ0) is 14.1. The Hall–Kier alpha value is -2.70. The largest absolute Gasteiger partial charge is 0.473 e. The molecule has 0 saturated heterocycles. The SMILES string of the molecule is Nc1n[nH]c2ccc(OCc3cc(F)cc(F)c3)nc12. The number of hydrogen-bond acceptors (Lipinski definition) is 4. The summed E-state index contributed by atoms with van der Waals surface area (Å²) in [5.41, 5.74) is 7.19. The number of ether oxygens (including phenoxy) is 1. The summed E-state index contributed by atoms with van der Waals surface area (Å²) < 4.78 is 31.5. The van der Waals surface area contributed by atoms with Gasteiger partial charge in [-0.05, 0) is 23.8 Å². The van der Waals surface area contributed by atoms with Crippen LogP contribution in [0.2, 0.25) is 0 Å². The molecule has 20 heavy (non-hydrogen) atoms. The first kappa shape index (κ1) is 12.3. The van der Waals surface area contributed by atoms with Crippen molar-refractivity contribution >= 4 is 16.9 Å². The van der Waals surface area contributed by atoms with E-state index in [9.17, 15) is 8.78 Å². The third kappa shape index (κ3) is 2.37. The third-order valence-electron chi connectivity index (χ3n) is 2.72. The van der Waals surface area contributed by atoms with Crippen LogP contribution >= 0.6 is 0 Å². The maximum atomic E-state index is 13.0. The molecular formula is C13H10F2N4O. The Bertz CT molecular complexity index is 752. The van der Waals surface area contributed by atoms with E-state index in [1.807, 2.05) is 0 Å². The second-order valence-corrected chi connectivity index (χ2v) is 4.22. The second kappa shape index (κ2) is 4.76. The molecule has 0 aliphatic heterocycles. The van der Waals surface area contributed by atoms with Gasteiger partial charge in [-0.1, -0.05) is 0 Å². The van der Waals surface area contributed by atoms with Gasteiger partial charge in [-0.25, -0.2) is 13.8 Å². The predicted octanol–water partition coefficient (Wildman–Crippen LogP) is 2.40. The summed E-state index contributed by atoms with van der Waals surface area (Å²) >= 11 is 0. The number of pyridine rings is 1. The van der Waals surface area contributed by atoms with Gasteiger partial charge < -0.3 is 10.5 Å². The third-order valence-corrected chi connectivity index (χ3v) is 2.72. The highest BCUT2D eigenvalue weighted by atomic mass is 19.1. The molecule has 0 atom stereocenters. The van der Waals surface area contributed by atoms with Crippen molar-refractivity contribution in [2.45, 2.75) is 6.61 Å². The highest BCUT2D eigenvalue weighted by Gasteiger charge is 2.06. The maximum absolute atomic E-state index is 13.0. The average Bonchev–Trinajstić information content (AvgIpc) is 2.77. The van der Waals surface area contributed by atoms with Crippen molar-refractivity contribution < 1.29 is 13.5 Å². The lowest BCUT2D eigenvalue weighted by Crippen LogP contribution is -1.99. The molecule has 1 aromatic carbocycles. The normalized spacial score (nSPS) is 10.9. The lowest BCUT2D eigenvalue weighted by Gasteiger charge is -2.05. The summed E-state index contributed by atoms with van der Waals surface area (Å²) in [5, 5.41) is 6.53. The number of rotatable bonds is 3. The highest BCUT2D eigenvalue weighted by Crippen LogP contribution is 2.20. The van der Waals surface area contributed by atoms with E-state index in [1.54, 1.807) is 12.1 Å². The predicted molar refractivity (Wildman–Crippen MR) is 69.0 cm³/mol. The number of halogens is 2. The van der Waals surface area contributed by atoms with Gasteiger partial charge >= 0.3 is 0 Å². The maximum Gasteiger partial charge on any atom is 0.214 e. The van der Waals surface area contributed by atoms with Gasteiger partial charge in [0.15, 0.2) is 5.82 Å². The average molecular weight is 276 g/mol. The van der Waals surface area contributed by atoms with E-state index in [4.69, 9.17) is 10.5 Å². The van der Waals surface area contributed by atoms with Crippen molar-refractivity contribution in [2.75, 3.05) is 5.73 Å². The zero-order valence-electron chi connectivity index (χ0n) is 10.2. The number of nitrogens with zero attached hydrogens (tertiary/aromatic N) is 2. The van der Waals surface area contributed by atoms with Crippen LogP contribution in [0.5, 0.6) is 5.88 Å². The minimum Gasteiger partial charge on any atom is -0.473 e. The molecule has 0 fully saturated rings. The van der Waals surface area contributed by atoms with Gasteiger partial charge in [-0.15, -0.1) is 0 Å². The highest BCUT2D eigenvalue weighted by molar-refractivity contribution is 5.84. The fourth-order valence-electron chi connectivity index (χ4n) is 1.83. The molecular weight excluding hydrogens is 266 g/mol. The Kier molecular flexibility index (Phi) is 2.94. The zero-order valence-corrected chi connectivity index (χ0v) is 10.2. The van der Waals surface area contributed by atoms with Gasteiger partial charge in [0.1, 0.15) is 23.8 Å². The van der Waals surface area contributed by atoms with Crippen LogP contribution in [0, 0.1) is 11.6 Å². The second-order valence-electron chi connectivity index (χ2n) is 4.22. The van der Waals surface area contributed by atoms with Crippen molar-refractivity contribution in [1.82, 2.24) is 15.2 Å². The van der Waals surface area contributed by atoms with E-state index in [-0.39, 0.29) is 12.4 Å². The molecule has 2 heterocycles. The van der Waals surface area contributed by atoms with Gasteiger partial charge in [0.2, 0.25) is 5.88 Å². The van der Waals surface area contributed by atoms with E-state index in [0.717, 1.165) is 6.07 Å². The van der Waals surface area contributed by atoms with Gasteiger partial charge in [0.25, 0.3) is 0 Å². The number of anilines is 1. The van der Waals surface area contributed by atoms with Crippen LogP contribution in [0.3, 0.4) is 0 Å². The number of hydrogen-bond donors (Lipinski definition) is 2. The van der Waals surface area contributed by atoms with E-state index in [0.29, 0.717) is 22.5 Å². The molecule has 0 spiro atoms. The quantitative estimate of drug-likeness (QED) is 0.770.